The van der Waals surface area contributed by atoms with Crippen molar-refractivity contribution in [2.24, 2.45) is 0 Å². The average molecular weight is 311 g/mol. The van der Waals surface area contributed by atoms with Gasteiger partial charge in [-0.1, -0.05) is 23.7 Å². The van der Waals surface area contributed by atoms with E-state index in [0.717, 1.165) is 5.69 Å². The van der Waals surface area contributed by atoms with Crippen molar-refractivity contribution in [3.05, 3.63) is 52.7 Å². The van der Waals surface area contributed by atoms with Crippen molar-refractivity contribution in [3.8, 4) is 0 Å². The van der Waals surface area contributed by atoms with Crippen LogP contribution in [0.2, 0.25) is 5.02 Å². The fourth-order valence-electron chi connectivity index (χ4n) is 1.84. The summed E-state index contributed by atoms with van der Waals surface area (Å²) in [5, 5.41) is 0.427. The summed E-state index contributed by atoms with van der Waals surface area (Å²) in [6.45, 7) is 3.50. The highest BCUT2D eigenvalue weighted by molar-refractivity contribution is 7.92. The summed E-state index contributed by atoms with van der Waals surface area (Å²) < 4.78 is 26.5. The predicted molar refractivity (Wildman–Crippen MR) is 80.8 cm³/mol. The second kappa shape index (κ2) is 5.42. The Morgan fingerprint density at radius 3 is 2.40 bits per heavy atom. The largest absolute Gasteiger partial charge is 0.265 e. The van der Waals surface area contributed by atoms with Gasteiger partial charge >= 0.3 is 0 Å². The molecule has 0 aliphatic heterocycles. The van der Waals surface area contributed by atoms with Crippen LogP contribution in [0.15, 0.2) is 41.3 Å². The van der Waals surface area contributed by atoms with E-state index in [9.17, 15) is 8.42 Å². The highest BCUT2D eigenvalue weighted by Crippen LogP contribution is 2.27. The van der Waals surface area contributed by atoms with Gasteiger partial charge < -0.3 is 0 Å². The van der Waals surface area contributed by atoms with Crippen molar-refractivity contribution in [3.63, 3.8) is 0 Å². The molecule has 1 aromatic carbocycles. The highest BCUT2D eigenvalue weighted by Gasteiger charge is 2.24. The van der Waals surface area contributed by atoms with Gasteiger partial charge in [0, 0.05) is 17.8 Å². The number of pyridine rings is 1. The highest BCUT2D eigenvalue weighted by atomic mass is 35.5. The minimum absolute atomic E-state index is 0.191. The van der Waals surface area contributed by atoms with Crippen molar-refractivity contribution < 1.29 is 8.42 Å². The first-order chi connectivity index (χ1) is 9.34. The van der Waals surface area contributed by atoms with E-state index < -0.39 is 10.0 Å². The molecule has 0 aliphatic rings. The third-order valence-electron chi connectivity index (χ3n) is 3.05. The number of hydrogen-bond donors (Lipinski definition) is 0. The molecule has 0 saturated heterocycles. The molecule has 2 rings (SSSR count). The maximum Gasteiger partial charge on any atom is 0.265 e. The molecule has 0 saturated carbocycles. The molecular weight excluding hydrogens is 296 g/mol. The second-order valence-electron chi connectivity index (χ2n) is 4.47. The molecule has 1 aromatic heterocycles. The topological polar surface area (TPSA) is 50.3 Å². The van der Waals surface area contributed by atoms with Gasteiger partial charge in [-0.15, -0.1) is 0 Å². The fraction of sp³-hybridized carbons (Fsp3) is 0.214. The molecule has 2 aromatic rings. The number of aromatic nitrogens is 1. The molecule has 0 aliphatic carbocycles. The number of benzene rings is 1. The number of sulfonamides is 1. The number of aryl methyl sites for hydroxylation is 1. The molecule has 6 heteroatoms. The lowest BCUT2D eigenvalue weighted by Gasteiger charge is -2.20. The lowest BCUT2D eigenvalue weighted by atomic mass is 10.2. The minimum Gasteiger partial charge on any atom is -0.253 e. The van der Waals surface area contributed by atoms with Crippen LogP contribution in [0.1, 0.15) is 11.3 Å². The Bertz CT molecular complexity index is 745. The van der Waals surface area contributed by atoms with Gasteiger partial charge in [-0.2, -0.15) is 0 Å². The lowest BCUT2D eigenvalue weighted by Crippen LogP contribution is -2.28. The number of halogens is 1. The average Bonchev–Trinajstić information content (AvgIpc) is 2.40. The van der Waals surface area contributed by atoms with Gasteiger partial charge in [0.15, 0.2) is 0 Å². The molecular formula is C14H15ClN2O2S. The molecule has 0 spiro atoms. The summed E-state index contributed by atoms with van der Waals surface area (Å²) in [5.41, 5.74) is 1.29. The molecule has 0 fully saturated rings. The minimum atomic E-state index is -3.68. The van der Waals surface area contributed by atoms with E-state index in [1.54, 1.807) is 37.3 Å². The lowest BCUT2D eigenvalue weighted by molar-refractivity contribution is 0.593. The van der Waals surface area contributed by atoms with Gasteiger partial charge in [0.2, 0.25) is 0 Å². The van der Waals surface area contributed by atoms with Gasteiger partial charge in [-0.25, -0.2) is 13.4 Å². The summed E-state index contributed by atoms with van der Waals surface area (Å²) >= 11 is 6.00. The van der Waals surface area contributed by atoms with E-state index in [0.29, 0.717) is 16.4 Å². The van der Waals surface area contributed by atoms with Crippen molar-refractivity contribution >= 4 is 27.4 Å². The Morgan fingerprint density at radius 1 is 1.10 bits per heavy atom. The molecule has 4 nitrogen and oxygen atoms in total. The number of hydrogen-bond acceptors (Lipinski definition) is 3. The maximum atomic E-state index is 12.6. The third-order valence-corrected chi connectivity index (χ3v) is 5.37. The standard InChI is InChI=1S/C14H15ClN2O2S/c1-10-6-4-9-14(16-10)17(3)20(18,19)13-8-5-7-12(15)11(13)2/h4-9H,1-3H3. The van der Waals surface area contributed by atoms with Crippen LogP contribution in [0, 0.1) is 13.8 Å². The fourth-order valence-corrected chi connectivity index (χ4v) is 3.46. The van der Waals surface area contributed by atoms with Crippen LogP contribution in [0.25, 0.3) is 0 Å². The summed E-state index contributed by atoms with van der Waals surface area (Å²) in [7, 11) is -2.19. The second-order valence-corrected chi connectivity index (χ2v) is 6.82. The van der Waals surface area contributed by atoms with Crippen LogP contribution in [0.4, 0.5) is 5.82 Å². The first kappa shape index (κ1) is 14.8. The smallest absolute Gasteiger partial charge is 0.253 e. The number of rotatable bonds is 3. The Balaban J connectivity index is 2.52. The Kier molecular flexibility index (Phi) is 4.01. The zero-order valence-electron chi connectivity index (χ0n) is 11.5. The van der Waals surface area contributed by atoms with Crippen LogP contribution >= 0.6 is 11.6 Å². The molecule has 0 unspecified atom stereocenters. The summed E-state index contributed by atoms with van der Waals surface area (Å²) in [4.78, 5) is 4.42. The van der Waals surface area contributed by atoms with Gasteiger partial charge in [0.1, 0.15) is 5.82 Å². The molecule has 20 heavy (non-hydrogen) atoms. The molecule has 0 N–H and O–H groups in total. The molecule has 0 bridgehead atoms. The first-order valence-corrected chi connectivity index (χ1v) is 7.83. The first-order valence-electron chi connectivity index (χ1n) is 6.02. The normalized spacial score (nSPS) is 11.4. The molecule has 0 amide bonds. The van der Waals surface area contributed by atoms with Gasteiger partial charge in [0.25, 0.3) is 10.0 Å². The van der Waals surface area contributed by atoms with Crippen LogP contribution in [0.3, 0.4) is 0 Å². The SMILES string of the molecule is Cc1cccc(N(C)S(=O)(=O)c2cccc(Cl)c2C)n1. The van der Waals surface area contributed by atoms with Crippen molar-refractivity contribution in [1.29, 1.82) is 0 Å². The third kappa shape index (κ3) is 2.64. The van der Waals surface area contributed by atoms with Gasteiger partial charge in [0.05, 0.1) is 4.90 Å². The van der Waals surface area contributed by atoms with E-state index in [1.165, 1.54) is 11.4 Å². The molecule has 0 radical (unpaired) electrons. The summed E-state index contributed by atoms with van der Waals surface area (Å²) in [6, 6.07) is 10.1. The Hall–Kier alpha value is -1.59. The zero-order chi connectivity index (χ0) is 14.9. The van der Waals surface area contributed by atoms with E-state index in [4.69, 9.17) is 11.6 Å². The molecule has 0 atom stereocenters. The van der Waals surface area contributed by atoms with Gasteiger partial charge in [-0.05, 0) is 43.7 Å². The molecule has 1 heterocycles. The summed E-state index contributed by atoms with van der Waals surface area (Å²) in [5.74, 6) is 0.379. The number of anilines is 1. The maximum absolute atomic E-state index is 12.6. The van der Waals surface area contributed by atoms with E-state index in [2.05, 4.69) is 4.98 Å². The van der Waals surface area contributed by atoms with Crippen molar-refractivity contribution in [1.82, 2.24) is 4.98 Å². The van der Waals surface area contributed by atoms with Gasteiger partial charge in [-0.3, -0.25) is 4.31 Å². The van der Waals surface area contributed by atoms with E-state index in [1.807, 2.05) is 13.0 Å². The van der Waals surface area contributed by atoms with Crippen molar-refractivity contribution in [2.45, 2.75) is 18.7 Å². The van der Waals surface area contributed by atoms with Crippen LogP contribution in [-0.4, -0.2) is 20.4 Å². The van der Waals surface area contributed by atoms with Crippen LogP contribution in [-0.2, 0) is 10.0 Å². The summed E-state index contributed by atoms with van der Waals surface area (Å²) in [6.07, 6.45) is 0. The van der Waals surface area contributed by atoms with E-state index in [-0.39, 0.29) is 4.90 Å². The predicted octanol–water partition coefficient (Wildman–Crippen LogP) is 3.18. The quantitative estimate of drug-likeness (QED) is 0.875. The molecule has 106 valence electrons. The van der Waals surface area contributed by atoms with E-state index >= 15 is 0 Å². The van der Waals surface area contributed by atoms with Crippen LogP contribution < -0.4 is 4.31 Å². The Morgan fingerprint density at radius 2 is 1.75 bits per heavy atom. The Labute approximate surface area is 124 Å². The van der Waals surface area contributed by atoms with Crippen LogP contribution in [0.5, 0.6) is 0 Å². The number of nitrogens with zero attached hydrogens (tertiary/aromatic N) is 2. The zero-order valence-corrected chi connectivity index (χ0v) is 13.0. The van der Waals surface area contributed by atoms with Crippen molar-refractivity contribution in [2.75, 3.05) is 11.4 Å². The monoisotopic (exact) mass is 310 g/mol.